The third-order valence-corrected chi connectivity index (χ3v) is 5.34. The van der Waals surface area contributed by atoms with Crippen LogP contribution in [-0.2, 0) is 17.7 Å². The van der Waals surface area contributed by atoms with Crippen molar-refractivity contribution in [2.75, 3.05) is 32.7 Å². The minimum Gasteiger partial charge on any atom is -0.444 e. The lowest BCUT2D eigenvalue weighted by atomic mass is 10.0. The summed E-state index contributed by atoms with van der Waals surface area (Å²) in [6.07, 6.45) is 0.490. The Morgan fingerprint density at radius 2 is 1.62 bits per heavy atom. The summed E-state index contributed by atoms with van der Waals surface area (Å²) < 4.78 is 5.46. The number of amides is 3. The van der Waals surface area contributed by atoms with E-state index in [0.29, 0.717) is 51.1 Å². The molecule has 9 nitrogen and oxygen atoms in total. The summed E-state index contributed by atoms with van der Waals surface area (Å²) in [6, 6.07) is 0.0665. The molecule has 0 aromatic carbocycles. The molecule has 2 unspecified atom stereocenters. The Kier molecular flexibility index (Phi) is 4.04. The molecule has 2 atom stereocenters. The van der Waals surface area contributed by atoms with E-state index in [-0.39, 0.29) is 12.1 Å². The van der Waals surface area contributed by atoms with Crippen molar-refractivity contribution in [1.29, 1.82) is 0 Å². The monoisotopic (exact) mass is 362 g/mol. The zero-order valence-corrected chi connectivity index (χ0v) is 15.6. The van der Waals surface area contributed by atoms with Crippen LogP contribution in [0.25, 0.3) is 0 Å². The highest BCUT2D eigenvalue weighted by Gasteiger charge is 2.45. The third kappa shape index (κ3) is 3.22. The summed E-state index contributed by atoms with van der Waals surface area (Å²) in [5.74, 6) is 0.665. The molecule has 26 heavy (non-hydrogen) atoms. The van der Waals surface area contributed by atoms with E-state index in [1.54, 1.807) is 4.90 Å². The highest BCUT2D eigenvalue weighted by atomic mass is 16.6. The second-order valence-electron chi connectivity index (χ2n) is 8.48. The fourth-order valence-corrected chi connectivity index (χ4v) is 4.09. The van der Waals surface area contributed by atoms with Crippen molar-refractivity contribution in [3.8, 4) is 0 Å². The highest BCUT2D eigenvalue weighted by Crippen LogP contribution is 2.33. The van der Waals surface area contributed by atoms with Gasteiger partial charge in [0.2, 0.25) is 0 Å². The molecule has 142 valence electrons. The number of aromatic nitrogens is 3. The zero-order chi connectivity index (χ0) is 18.5. The average molecular weight is 362 g/mol. The van der Waals surface area contributed by atoms with Gasteiger partial charge in [-0.15, -0.1) is 0 Å². The minimum atomic E-state index is -0.481. The standard InChI is InChI=1S/C17H26N6O3/c1-17(2,3)26-16(25)23-8-11-6-22(7-12(11)9-23)15(24)21-5-4-13-14(10-21)19-20-18-13/h11-12H,4-10H2,1-3H3,(H,18,19,20). The van der Waals surface area contributed by atoms with E-state index in [0.717, 1.165) is 17.8 Å². The number of fused-ring (bicyclic) bond motifs is 2. The van der Waals surface area contributed by atoms with Gasteiger partial charge in [0.25, 0.3) is 0 Å². The molecule has 4 heterocycles. The lowest BCUT2D eigenvalue weighted by Gasteiger charge is -2.31. The SMILES string of the molecule is CC(C)(C)OC(=O)N1CC2CN(C(=O)N3CCc4n[nH]nc4C3)CC2C1. The number of carbonyl (C=O) groups excluding carboxylic acids is 2. The van der Waals surface area contributed by atoms with Crippen LogP contribution >= 0.6 is 0 Å². The van der Waals surface area contributed by atoms with Crippen molar-refractivity contribution in [1.82, 2.24) is 30.1 Å². The second kappa shape index (κ2) is 6.14. The van der Waals surface area contributed by atoms with Gasteiger partial charge in [0.05, 0.1) is 12.2 Å². The van der Waals surface area contributed by atoms with E-state index in [1.807, 2.05) is 30.6 Å². The molecule has 0 bridgehead atoms. The fraction of sp³-hybridized carbons (Fsp3) is 0.765. The first-order valence-corrected chi connectivity index (χ1v) is 9.20. The summed E-state index contributed by atoms with van der Waals surface area (Å²) >= 11 is 0. The number of likely N-dealkylation sites (tertiary alicyclic amines) is 2. The van der Waals surface area contributed by atoms with E-state index in [2.05, 4.69) is 15.4 Å². The van der Waals surface area contributed by atoms with Crippen molar-refractivity contribution in [2.45, 2.75) is 39.3 Å². The number of nitrogens with one attached hydrogen (secondary N) is 1. The second-order valence-corrected chi connectivity index (χ2v) is 8.48. The van der Waals surface area contributed by atoms with Gasteiger partial charge in [-0.2, -0.15) is 15.4 Å². The van der Waals surface area contributed by atoms with Gasteiger partial charge in [-0.3, -0.25) is 0 Å². The molecule has 2 saturated heterocycles. The number of carbonyl (C=O) groups is 2. The van der Waals surface area contributed by atoms with Gasteiger partial charge >= 0.3 is 12.1 Å². The molecule has 3 aliphatic rings. The molecule has 1 aromatic heterocycles. The van der Waals surface area contributed by atoms with E-state index in [9.17, 15) is 9.59 Å². The Bertz CT molecular complexity index is 698. The summed E-state index contributed by atoms with van der Waals surface area (Å²) in [7, 11) is 0. The average Bonchev–Trinajstić information content (AvgIpc) is 3.25. The predicted octanol–water partition coefficient (Wildman–Crippen LogP) is 1.08. The Balaban J connectivity index is 1.32. The van der Waals surface area contributed by atoms with Gasteiger partial charge in [0.1, 0.15) is 11.3 Å². The number of urea groups is 1. The van der Waals surface area contributed by atoms with Gasteiger partial charge in [-0.1, -0.05) is 0 Å². The van der Waals surface area contributed by atoms with Crippen LogP contribution in [0.3, 0.4) is 0 Å². The minimum absolute atomic E-state index is 0.0665. The van der Waals surface area contributed by atoms with Crippen LogP contribution in [0.5, 0.6) is 0 Å². The molecule has 1 aromatic rings. The number of hydrogen-bond acceptors (Lipinski definition) is 5. The summed E-state index contributed by atoms with van der Waals surface area (Å²) in [6.45, 7) is 9.54. The van der Waals surface area contributed by atoms with Gasteiger partial charge < -0.3 is 19.4 Å². The maximum absolute atomic E-state index is 12.9. The maximum atomic E-state index is 12.9. The van der Waals surface area contributed by atoms with Gasteiger partial charge in [0, 0.05) is 51.0 Å². The number of aromatic amines is 1. The molecule has 1 N–H and O–H groups in total. The van der Waals surface area contributed by atoms with Crippen LogP contribution in [0.1, 0.15) is 32.2 Å². The van der Waals surface area contributed by atoms with E-state index in [1.165, 1.54) is 0 Å². The molecule has 9 heteroatoms. The van der Waals surface area contributed by atoms with Gasteiger partial charge in [-0.25, -0.2) is 9.59 Å². The lowest BCUT2D eigenvalue weighted by Crippen LogP contribution is -2.45. The summed E-state index contributed by atoms with van der Waals surface area (Å²) in [5, 5.41) is 10.9. The van der Waals surface area contributed by atoms with Crippen LogP contribution in [-0.4, -0.2) is 80.6 Å². The van der Waals surface area contributed by atoms with Gasteiger partial charge in [0.15, 0.2) is 0 Å². The molecule has 0 radical (unpaired) electrons. The Hall–Kier alpha value is -2.32. The number of H-pyrrole nitrogens is 1. The smallest absolute Gasteiger partial charge is 0.410 e. The zero-order valence-electron chi connectivity index (χ0n) is 15.6. The molecule has 0 spiro atoms. The number of hydrogen-bond donors (Lipinski definition) is 1. The van der Waals surface area contributed by atoms with Crippen molar-refractivity contribution >= 4 is 12.1 Å². The Morgan fingerprint density at radius 3 is 2.27 bits per heavy atom. The molecule has 2 fully saturated rings. The summed E-state index contributed by atoms with van der Waals surface area (Å²) in [4.78, 5) is 30.7. The normalized spacial score (nSPS) is 25.3. The first-order chi connectivity index (χ1) is 12.3. The van der Waals surface area contributed by atoms with E-state index < -0.39 is 5.60 Å². The predicted molar refractivity (Wildman–Crippen MR) is 92.3 cm³/mol. The summed E-state index contributed by atoms with van der Waals surface area (Å²) in [5.41, 5.74) is 1.34. The Labute approximate surface area is 152 Å². The highest BCUT2D eigenvalue weighted by molar-refractivity contribution is 5.75. The molecule has 0 aliphatic carbocycles. The van der Waals surface area contributed by atoms with Gasteiger partial charge in [-0.05, 0) is 20.8 Å². The molecular weight excluding hydrogens is 336 g/mol. The molecular formula is C17H26N6O3. The van der Waals surface area contributed by atoms with Crippen molar-refractivity contribution in [3.05, 3.63) is 11.4 Å². The van der Waals surface area contributed by atoms with Crippen LogP contribution in [0.15, 0.2) is 0 Å². The third-order valence-electron chi connectivity index (χ3n) is 5.34. The molecule has 4 rings (SSSR count). The first kappa shape index (κ1) is 17.1. The number of ether oxygens (including phenoxy) is 1. The Morgan fingerprint density at radius 1 is 1.00 bits per heavy atom. The van der Waals surface area contributed by atoms with Crippen LogP contribution in [0, 0.1) is 11.8 Å². The molecule has 3 aliphatic heterocycles. The molecule has 0 saturated carbocycles. The van der Waals surface area contributed by atoms with Crippen LogP contribution in [0.2, 0.25) is 0 Å². The molecule has 3 amide bonds. The van der Waals surface area contributed by atoms with Crippen LogP contribution < -0.4 is 0 Å². The van der Waals surface area contributed by atoms with E-state index in [4.69, 9.17) is 4.74 Å². The quantitative estimate of drug-likeness (QED) is 0.745. The van der Waals surface area contributed by atoms with Crippen molar-refractivity contribution < 1.29 is 14.3 Å². The first-order valence-electron chi connectivity index (χ1n) is 9.20. The van der Waals surface area contributed by atoms with Crippen molar-refractivity contribution in [3.63, 3.8) is 0 Å². The fourth-order valence-electron chi connectivity index (χ4n) is 4.09. The topological polar surface area (TPSA) is 94.7 Å². The van der Waals surface area contributed by atoms with Crippen molar-refractivity contribution in [2.24, 2.45) is 11.8 Å². The largest absolute Gasteiger partial charge is 0.444 e. The lowest BCUT2D eigenvalue weighted by molar-refractivity contribution is 0.0276. The van der Waals surface area contributed by atoms with Crippen LogP contribution in [0.4, 0.5) is 9.59 Å². The number of rotatable bonds is 0. The van der Waals surface area contributed by atoms with E-state index >= 15 is 0 Å². The maximum Gasteiger partial charge on any atom is 0.410 e. The number of nitrogens with zero attached hydrogens (tertiary/aromatic N) is 5.